The fourth-order valence-electron chi connectivity index (χ4n) is 1.87. The molecule has 0 bridgehead atoms. The molecule has 0 heterocycles. The molecule has 3 nitrogen and oxygen atoms in total. The fourth-order valence-corrected chi connectivity index (χ4v) is 1.87. The van der Waals surface area contributed by atoms with Gasteiger partial charge in [0.2, 0.25) is 5.91 Å². The lowest BCUT2D eigenvalue weighted by atomic mass is 10.1. The van der Waals surface area contributed by atoms with E-state index in [4.69, 9.17) is 0 Å². The van der Waals surface area contributed by atoms with E-state index >= 15 is 0 Å². The zero-order valence-corrected chi connectivity index (χ0v) is 12.3. The molecule has 0 aromatic heterocycles. The molecule has 0 aliphatic carbocycles. The van der Waals surface area contributed by atoms with Crippen LogP contribution < -0.4 is 10.6 Å². The van der Waals surface area contributed by atoms with Gasteiger partial charge in [0, 0.05) is 6.54 Å². The number of carbonyl (C=O) groups excluding carboxylic acids is 1. The number of nitrogens with one attached hydrogen (secondary N) is 2. The van der Waals surface area contributed by atoms with Crippen LogP contribution in [0.5, 0.6) is 0 Å². The van der Waals surface area contributed by atoms with E-state index in [9.17, 15) is 18.0 Å². The number of carbonyl (C=O) groups is 1. The van der Waals surface area contributed by atoms with Crippen molar-refractivity contribution in [3.63, 3.8) is 0 Å². The van der Waals surface area contributed by atoms with Crippen molar-refractivity contribution in [2.24, 2.45) is 0 Å². The molecule has 0 saturated carbocycles. The zero-order chi connectivity index (χ0) is 15.3. The van der Waals surface area contributed by atoms with Crippen LogP contribution >= 0.6 is 0 Å². The van der Waals surface area contributed by atoms with Gasteiger partial charge in [-0.2, -0.15) is 13.2 Å². The molecule has 0 fully saturated rings. The monoisotopic (exact) mass is 296 g/mol. The standard InChI is InChI=1S/C14H27F3N2O/c1-2-3-4-5-6-7-8-9-10-19-13(20)11-18-12-14(15,16)17/h18H,2-12H2,1H3,(H,19,20). The van der Waals surface area contributed by atoms with Gasteiger partial charge >= 0.3 is 6.18 Å². The second-order valence-electron chi connectivity index (χ2n) is 5.04. The molecule has 0 atom stereocenters. The normalized spacial score (nSPS) is 11.6. The first kappa shape index (κ1) is 19.2. The summed E-state index contributed by atoms with van der Waals surface area (Å²) in [6.07, 6.45) is 5.15. The van der Waals surface area contributed by atoms with Crippen LogP contribution in [0.15, 0.2) is 0 Å². The van der Waals surface area contributed by atoms with Gasteiger partial charge in [-0.1, -0.05) is 51.9 Å². The Morgan fingerprint density at radius 3 is 2.05 bits per heavy atom. The summed E-state index contributed by atoms with van der Waals surface area (Å²) in [7, 11) is 0. The van der Waals surface area contributed by atoms with Crippen LogP contribution in [0.4, 0.5) is 13.2 Å². The van der Waals surface area contributed by atoms with E-state index in [1.54, 1.807) is 0 Å². The van der Waals surface area contributed by atoms with Gasteiger partial charge in [0.15, 0.2) is 0 Å². The van der Waals surface area contributed by atoms with Crippen LogP contribution in [-0.2, 0) is 4.79 Å². The van der Waals surface area contributed by atoms with Gasteiger partial charge in [0.1, 0.15) is 0 Å². The van der Waals surface area contributed by atoms with Crippen LogP contribution in [0.1, 0.15) is 58.3 Å². The molecule has 1 amide bonds. The highest BCUT2D eigenvalue weighted by molar-refractivity contribution is 5.77. The van der Waals surface area contributed by atoms with Gasteiger partial charge in [0.05, 0.1) is 13.1 Å². The number of alkyl halides is 3. The molecule has 2 N–H and O–H groups in total. The Labute approximate surface area is 119 Å². The van der Waals surface area contributed by atoms with Crippen molar-refractivity contribution in [1.82, 2.24) is 10.6 Å². The maximum atomic E-state index is 11.8. The minimum atomic E-state index is -4.27. The van der Waals surface area contributed by atoms with Gasteiger partial charge in [-0.15, -0.1) is 0 Å². The molecule has 0 aromatic rings. The summed E-state index contributed by atoms with van der Waals surface area (Å²) in [6.45, 7) is 1.32. The van der Waals surface area contributed by atoms with Crippen molar-refractivity contribution in [3.8, 4) is 0 Å². The van der Waals surface area contributed by atoms with Crippen molar-refractivity contribution in [1.29, 1.82) is 0 Å². The lowest BCUT2D eigenvalue weighted by molar-refractivity contribution is -0.128. The number of halogens is 3. The molecule has 0 aromatic carbocycles. The SMILES string of the molecule is CCCCCCCCCCNC(=O)CNCC(F)(F)F. The summed E-state index contributed by atoms with van der Waals surface area (Å²) in [5, 5.41) is 4.68. The predicted molar refractivity (Wildman–Crippen MR) is 74.5 cm³/mol. The topological polar surface area (TPSA) is 41.1 Å². The van der Waals surface area contributed by atoms with Gasteiger partial charge in [0.25, 0.3) is 0 Å². The van der Waals surface area contributed by atoms with Crippen LogP contribution in [0.2, 0.25) is 0 Å². The van der Waals surface area contributed by atoms with E-state index in [1.165, 1.54) is 32.1 Å². The Bertz CT molecular complexity index is 245. The van der Waals surface area contributed by atoms with Crippen LogP contribution in [0, 0.1) is 0 Å². The Morgan fingerprint density at radius 1 is 0.950 bits per heavy atom. The maximum Gasteiger partial charge on any atom is 0.401 e. The lowest BCUT2D eigenvalue weighted by Gasteiger charge is -2.08. The maximum absolute atomic E-state index is 11.8. The molecular weight excluding hydrogens is 269 g/mol. The molecule has 6 heteroatoms. The molecule has 0 aliphatic heterocycles. The first-order valence-electron chi connectivity index (χ1n) is 7.50. The van der Waals surface area contributed by atoms with Gasteiger partial charge in [-0.05, 0) is 6.42 Å². The van der Waals surface area contributed by atoms with Crippen molar-refractivity contribution in [2.45, 2.75) is 64.5 Å². The van der Waals surface area contributed by atoms with E-state index < -0.39 is 12.7 Å². The Kier molecular flexibility index (Phi) is 11.5. The number of rotatable bonds is 12. The van der Waals surface area contributed by atoms with Crippen molar-refractivity contribution in [2.75, 3.05) is 19.6 Å². The minimum Gasteiger partial charge on any atom is -0.355 e. The van der Waals surface area contributed by atoms with Crippen molar-refractivity contribution >= 4 is 5.91 Å². The van der Waals surface area contributed by atoms with Crippen LogP contribution in [0.25, 0.3) is 0 Å². The number of unbranched alkanes of at least 4 members (excludes halogenated alkanes) is 7. The fraction of sp³-hybridized carbons (Fsp3) is 0.929. The molecule has 120 valence electrons. The van der Waals surface area contributed by atoms with E-state index in [0.29, 0.717) is 6.54 Å². The van der Waals surface area contributed by atoms with Gasteiger partial charge in [-0.3, -0.25) is 4.79 Å². The summed E-state index contributed by atoms with van der Waals surface area (Å²) in [4.78, 5) is 11.2. The molecule has 20 heavy (non-hydrogen) atoms. The molecule has 0 rings (SSSR count). The Balaban J connectivity index is 3.23. The van der Waals surface area contributed by atoms with Crippen LogP contribution in [-0.4, -0.2) is 31.7 Å². The molecular formula is C14H27F3N2O. The highest BCUT2D eigenvalue weighted by Crippen LogP contribution is 2.11. The highest BCUT2D eigenvalue weighted by Gasteiger charge is 2.26. The zero-order valence-electron chi connectivity index (χ0n) is 12.3. The van der Waals surface area contributed by atoms with E-state index in [2.05, 4.69) is 17.6 Å². The second-order valence-corrected chi connectivity index (χ2v) is 5.04. The molecule has 0 spiro atoms. The minimum absolute atomic E-state index is 0.281. The first-order valence-corrected chi connectivity index (χ1v) is 7.50. The Hall–Kier alpha value is -0.780. The molecule has 0 aliphatic rings. The van der Waals surface area contributed by atoms with Crippen molar-refractivity contribution in [3.05, 3.63) is 0 Å². The number of amides is 1. The average molecular weight is 296 g/mol. The summed E-state index contributed by atoms with van der Waals surface area (Å²) in [6, 6.07) is 0. The van der Waals surface area contributed by atoms with Gasteiger partial charge in [-0.25, -0.2) is 0 Å². The third kappa shape index (κ3) is 15.3. The Morgan fingerprint density at radius 2 is 1.50 bits per heavy atom. The van der Waals surface area contributed by atoms with Crippen LogP contribution in [0.3, 0.4) is 0 Å². The summed E-state index contributed by atoms with van der Waals surface area (Å²) in [5.41, 5.74) is 0. The number of hydrogen-bond acceptors (Lipinski definition) is 2. The molecule has 0 radical (unpaired) electrons. The summed E-state index contributed by atoms with van der Waals surface area (Å²) >= 11 is 0. The average Bonchev–Trinajstić information content (AvgIpc) is 2.35. The number of hydrogen-bond donors (Lipinski definition) is 2. The highest BCUT2D eigenvalue weighted by atomic mass is 19.4. The van der Waals surface area contributed by atoms with Gasteiger partial charge < -0.3 is 10.6 Å². The molecule has 0 unspecified atom stereocenters. The quantitative estimate of drug-likeness (QED) is 0.542. The third-order valence-electron chi connectivity index (χ3n) is 2.96. The van der Waals surface area contributed by atoms with E-state index in [0.717, 1.165) is 19.3 Å². The third-order valence-corrected chi connectivity index (χ3v) is 2.96. The largest absolute Gasteiger partial charge is 0.401 e. The summed E-state index contributed by atoms with van der Waals surface area (Å²) in [5.74, 6) is -0.378. The molecule has 0 saturated heterocycles. The smallest absolute Gasteiger partial charge is 0.355 e. The van der Waals surface area contributed by atoms with E-state index in [-0.39, 0.29) is 12.5 Å². The predicted octanol–water partition coefficient (Wildman–Crippen LogP) is 3.40. The second kappa shape index (κ2) is 12.0. The van der Waals surface area contributed by atoms with Crippen molar-refractivity contribution < 1.29 is 18.0 Å². The lowest BCUT2D eigenvalue weighted by Crippen LogP contribution is -2.38. The van der Waals surface area contributed by atoms with E-state index in [1.807, 2.05) is 0 Å². The first-order chi connectivity index (χ1) is 9.45. The summed E-state index contributed by atoms with van der Waals surface area (Å²) < 4.78 is 35.4.